The zero-order chi connectivity index (χ0) is 13.5. The van der Waals surface area contributed by atoms with Crippen LogP contribution in [-0.4, -0.2) is 40.1 Å². The van der Waals surface area contributed by atoms with Gasteiger partial charge in [-0.25, -0.2) is 0 Å². The molecule has 0 aromatic carbocycles. The maximum absolute atomic E-state index is 5.95. The van der Waals surface area contributed by atoms with Crippen LogP contribution in [0, 0.1) is 0 Å². The molecule has 0 saturated carbocycles. The summed E-state index contributed by atoms with van der Waals surface area (Å²) in [5.41, 5.74) is 0.181. The molecule has 0 radical (unpaired) electrons. The minimum Gasteiger partial charge on any atom is -0.393 e. The van der Waals surface area contributed by atoms with Gasteiger partial charge in [0, 0.05) is 24.2 Å². The normalized spacial score (nSPS) is 13.4. The van der Waals surface area contributed by atoms with E-state index < -0.39 is 9.36 Å². The Morgan fingerprint density at radius 2 is 1.41 bits per heavy atom. The van der Waals surface area contributed by atoms with Gasteiger partial charge in [-0.05, 0) is 48.1 Å². The monoisotopic (exact) mass is 261 g/mol. The van der Waals surface area contributed by atoms with Crippen molar-refractivity contribution in [3.63, 3.8) is 0 Å². The summed E-state index contributed by atoms with van der Waals surface area (Å²) in [6, 6.07) is 0. The molecule has 0 rings (SSSR count). The van der Waals surface area contributed by atoms with Gasteiger partial charge in [-0.1, -0.05) is 6.92 Å². The van der Waals surface area contributed by atoms with E-state index in [-0.39, 0.29) is 11.1 Å². The van der Waals surface area contributed by atoms with Gasteiger partial charge in [-0.3, -0.25) is 0 Å². The third-order valence-corrected chi connectivity index (χ3v) is 4.77. The summed E-state index contributed by atoms with van der Waals surface area (Å²) in [7, 11) is -1.57. The second-order valence-corrected chi connectivity index (χ2v) is 8.06. The van der Waals surface area contributed by atoms with Crippen molar-refractivity contribution in [2.45, 2.75) is 59.5 Å². The Morgan fingerprint density at radius 1 is 0.941 bits per heavy atom. The van der Waals surface area contributed by atoms with Crippen molar-refractivity contribution in [1.29, 1.82) is 0 Å². The molecular weight excluding hydrogens is 230 g/mol. The summed E-state index contributed by atoms with van der Waals surface area (Å²) in [6.07, 6.45) is 0. The minimum absolute atomic E-state index is 0.0906. The molecule has 0 heterocycles. The minimum atomic E-state index is -1.57. The van der Waals surface area contributed by atoms with E-state index in [1.807, 2.05) is 0 Å². The van der Waals surface area contributed by atoms with Crippen LogP contribution in [-0.2, 0) is 4.43 Å². The van der Waals surface area contributed by atoms with Gasteiger partial charge in [0.1, 0.15) is 0 Å². The molecule has 104 valence electrons. The molecule has 0 aromatic heterocycles. The molecule has 0 bridgehead atoms. The molecule has 0 spiro atoms. The van der Waals surface area contributed by atoms with Gasteiger partial charge < -0.3 is 19.7 Å². The number of nitrogens with one attached hydrogen (secondary N) is 3. The van der Waals surface area contributed by atoms with E-state index in [2.05, 4.69) is 63.7 Å². The van der Waals surface area contributed by atoms with E-state index in [1.165, 1.54) is 0 Å². The van der Waals surface area contributed by atoms with Crippen LogP contribution in [0.3, 0.4) is 0 Å². The Labute approximate surface area is 109 Å². The summed E-state index contributed by atoms with van der Waals surface area (Å²) in [5.74, 6) is 0. The fraction of sp³-hybridized carbons (Fsp3) is 1.00. The van der Waals surface area contributed by atoms with E-state index in [9.17, 15) is 0 Å². The highest BCUT2D eigenvalue weighted by molar-refractivity contribution is 6.46. The summed E-state index contributed by atoms with van der Waals surface area (Å²) < 4.78 is 5.95. The topological polar surface area (TPSA) is 45.3 Å². The van der Waals surface area contributed by atoms with Crippen molar-refractivity contribution in [3.05, 3.63) is 0 Å². The predicted molar refractivity (Wildman–Crippen MR) is 77.4 cm³/mol. The highest BCUT2D eigenvalue weighted by Gasteiger charge is 2.24. The Kier molecular flexibility index (Phi) is 7.51. The van der Waals surface area contributed by atoms with Crippen molar-refractivity contribution in [2.75, 3.05) is 19.7 Å². The van der Waals surface area contributed by atoms with Crippen LogP contribution in [0.5, 0.6) is 0 Å². The van der Waals surface area contributed by atoms with Gasteiger partial charge in [0.05, 0.1) is 0 Å². The lowest BCUT2D eigenvalue weighted by Crippen LogP contribution is -2.61. The second kappa shape index (κ2) is 7.48. The second-order valence-electron chi connectivity index (χ2n) is 6.39. The van der Waals surface area contributed by atoms with Crippen molar-refractivity contribution in [3.8, 4) is 0 Å². The smallest absolute Gasteiger partial charge is 0.335 e. The highest BCUT2D eigenvalue weighted by atomic mass is 28.3. The van der Waals surface area contributed by atoms with E-state index in [4.69, 9.17) is 4.43 Å². The Hall–Kier alpha value is 0.0569. The molecule has 0 atom stereocenters. The van der Waals surface area contributed by atoms with Crippen molar-refractivity contribution in [2.24, 2.45) is 0 Å². The number of hydrogen-bond donors (Lipinski definition) is 3. The maximum atomic E-state index is 5.95. The van der Waals surface area contributed by atoms with Gasteiger partial charge in [0.25, 0.3) is 0 Å². The zero-order valence-corrected chi connectivity index (χ0v) is 13.8. The molecule has 0 saturated heterocycles. The predicted octanol–water partition coefficient (Wildman–Crippen LogP) is 1.11. The third kappa shape index (κ3) is 12.3. The van der Waals surface area contributed by atoms with E-state index in [0.29, 0.717) is 0 Å². The van der Waals surface area contributed by atoms with Gasteiger partial charge >= 0.3 is 9.36 Å². The summed E-state index contributed by atoms with van der Waals surface area (Å²) in [6.45, 7) is 17.8. The van der Waals surface area contributed by atoms with Gasteiger partial charge in [0.15, 0.2) is 0 Å². The van der Waals surface area contributed by atoms with Crippen LogP contribution in [0.15, 0.2) is 0 Å². The largest absolute Gasteiger partial charge is 0.393 e. The lowest BCUT2D eigenvalue weighted by molar-refractivity contribution is 0.276. The van der Waals surface area contributed by atoms with Gasteiger partial charge in [0.2, 0.25) is 0 Å². The number of likely N-dealkylation sites (N-methyl/N-ethyl adjacent to an activating group) is 1. The van der Waals surface area contributed by atoms with E-state index in [0.717, 1.165) is 19.7 Å². The zero-order valence-electron chi connectivity index (χ0n) is 12.6. The fourth-order valence-corrected chi connectivity index (χ4v) is 3.50. The molecule has 5 heteroatoms. The summed E-state index contributed by atoms with van der Waals surface area (Å²) >= 11 is 0. The molecule has 0 aliphatic heterocycles. The van der Waals surface area contributed by atoms with Crippen molar-refractivity contribution < 1.29 is 4.43 Å². The quantitative estimate of drug-likeness (QED) is 0.474. The average molecular weight is 261 g/mol. The Bertz CT molecular complexity index is 183. The van der Waals surface area contributed by atoms with Crippen LogP contribution in [0.4, 0.5) is 0 Å². The molecule has 0 fully saturated rings. The molecule has 0 aromatic rings. The lowest BCUT2D eigenvalue weighted by Gasteiger charge is -2.32. The summed E-state index contributed by atoms with van der Waals surface area (Å²) in [4.78, 5) is 7.13. The molecule has 4 nitrogen and oxygen atoms in total. The first kappa shape index (κ1) is 17.1. The highest BCUT2D eigenvalue weighted by Crippen LogP contribution is 2.03. The van der Waals surface area contributed by atoms with Crippen LogP contribution < -0.4 is 15.3 Å². The number of rotatable bonds is 7. The maximum Gasteiger partial charge on any atom is 0.335 e. The molecular formula is C12H31N3OSi. The Morgan fingerprint density at radius 3 is 1.76 bits per heavy atom. The molecule has 0 aliphatic carbocycles. The lowest BCUT2D eigenvalue weighted by atomic mass is 10.1. The third-order valence-electron chi connectivity index (χ3n) is 1.94. The Balaban J connectivity index is 4.12. The van der Waals surface area contributed by atoms with Crippen molar-refractivity contribution >= 4 is 9.36 Å². The van der Waals surface area contributed by atoms with Gasteiger partial charge in [-0.2, -0.15) is 0 Å². The molecule has 0 amide bonds. The molecule has 0 unspecified atom stereocenters. The first-order valence-electron chi connectivity index (χ1n) is 6.52. The van der Waals surface area contributed by atoms with Crippen LogP contribution in [0.1, 0.15) is 48.5 Å². The molecule has 3 N–H and O–H groups in total. The first-order valence-corrected chi connectivity index (χ1v) is 8.14. The number of hydrogen-bond acceptors (Lipinski definition) is 4. The first-order chi connectivity index (χ1) is 7.64. The van der Waals surface area contributed by atoms with E-state index in [1.54, 1.807) is 0 Å². The molecule has 0 aliphatic rings. The summed E-state index contributed by atoms with van der Waals surface area (Å²) in [5, 5.41) is 3.27. The van der Waals surface area contributed by atoms with Crippen LogP contribution >= 0.6 is 0 Å². The van der Waals surface area contributed by atoms with Crippen molar-refractivity contribution in [1.82, 2.24) is 15.3 Å². The van der Waals surface area contributed by atoms with Gasteiger partial charge in [-0.15, -0.1) is 0 Å². The molecule has 17 heavy (non-hydrogen) atoms. The fourth-order valence-electron chi connectivity index (χ4n) is 1.33. The van der Waals surface area contributed by atoms with Crippen LogP contribution in [0.25, 0.3) is 0 Å². The average Bonchev–Trinajstić information content (AvgIpc) is 2.06. The standard InChI is InChI=1S/C12H31N3OSi/c1-8-13-9-10-16-17(14-11(2,3)4)15-12(5,6)7/h13-15,17H,8-10H2,1-7H3. The van der Waals surface area contributed by atoms with Crippen LogP contribution in [0.2, 0.25) is 0 Å². The van der Waals surface area contributed by atoms with E-state index >= 15 is 0 Å². The SMILES string of the molecule is CCNCCO[SiH](NC(C)(C)C)NC(C)(C)C.